The van der Waals surface area contributed by atoms with Crippen LogP contribution in [0.3, 0.4) is 0 Å². The second kappa shape index (κ2) is 58.1. The number of nitrogen functional groups attached to an aromatic ring is 1. The summed E-state index contributed by atoms with van der Waals surface area (Å²) >= 11 is 6.62. The number of nitrogens with two attached hydrogens (primary N) is 1. The number of allylic oxidation sites excluding steroid dienone is 2. The van der Waals surface area contributed by atoms with Gasteiger partial charge in [0.1, 0.15) is 34.6 Å². The summed E-state index contributed by atoms with van der Waals surface area (Å²) < 4.78 is 83.1. The van der Waals surface area contributed by atoms with Gasteiger partial charge in [0, 0.05) is 129 Å². The predicted molar refractivity (Wildman–Crippen MR) is 542 cm³/mol. The number of rotatable bonds is 8. The average Bonchev–Trinajstić information content (AvgIpc) is 0.780. The van der Waals surface area contributed by atoms with Gasteiger partial charge in [0.05, 0.1) is 38.3 Å². The Balaban J connectivity index is 0.000000197. The van der Waals surface area contributed by atoms with Gasteiger partial charge in [-0.15, -0.1) is 56.7 Å². The van der Waals surface area contributed by atoms with Gasteiger partial charge in [0.15, 0.2) is 0 Å². The number of aromatic carboxylic acids is 1. The second-order valence-electron chi connectivity index (χ2n) is 32.1. The monoisotopic (exact) mass is 2100 g/mol. The number of terminal acetylenes is 1. The number of carboxylic acid groups (broad SMARTS) is 1. The maximum Gasteiger partial charge on any atom is 0.425 e. The van der Waals surface area contributed by atoms with Gasteiger partial charge >= 0.3 is 37.8 Å². The third-order valence-electron chi connectivity index (χ3n) is 22.0. The van der Waals surface area contributed by atoms with Gasteiger partial charge in [-0.3, -0.25) is 42.5 Å². The Labute approximate surface area is 835 Å². The number of amides is 3. The lowest BCUT2D eigenvalue weighted by Gasteiger charge is -2.26. The van der Waals surface area contributed by atoms with Crippen LogP contribution < -0.4 is 38.4 Å². The Morgan fingerprint density at radius 2 is 0.764 bits per heavy atom. The van der Waals surface area contributed by atoms with E-state index in [9.17, 15) is 33.6 Å². The first kappa shape index (κ1) is 111. The number of pyridine rings is 3. The molecule has 19 rings (SSSR count). The fraction of sp³-hybridized carbons (Fsp3) is 0.252. The number of hydrogen-bond acceptors (Lipinski definition) is 24. The van der Waals surface area contributed by atoms with Crippen LogP contribution in [-0.2, 0) is 104 Å². The number of carbonyl (C=O) groups excluding carboxylic acids is 3. The van der Waals surface area contributed by atoms with Crippen molar-refractivity contribution in [1.82, 2.24) is 59.6 Å². The number of fused-ring (bicyclic) bond motifs is 6. The lowest BCUT2D eigenvalue weighted by atomic mass is 9.92. The van der Waals surface area contributed by atoms with E-state index in [0.29, 0.717) is 95.5 Å². The summed E-state index contributed by atoms with van der Waals surface area (Å²) in [5.41, 5.74) is 18.1. The van der Waals surface area contributed by atoms with E-state index in [1.54, 1.807) is 58.1 Å². The fourth-order valence-electron chi connectivity index (χ4n) is 15.1. The number of carbonyl (C=O) groups is 4. The average molecular weight is 2100 g/mol. The molecule has 0 spiro atoms. The van der Waals surface area contributed by atoms with Crippen molar-refractivity contribution in [3.63, 3.8) is 0 Å². The number of carboxylic acids is 1. The van der Waals surface area contributed by atoms with Crippen molar-refractivity contribution < 1.29 is 67.3 Å². The van der Waals surface area contributed by atoms with Gasteiger partial charge in [-0.25, -0.2) is 34.7 Å². The topological polar surface area (TPSA) is 468 Å². The van der Waals surface area contributed by atoms with Gasteiger partial charge in [0.25, 0.3) is 16.7 Å². The van der Waals surface area contributed by atoms with E-state index in [2.05, 4.69) is 188 Å². The van der Waals surface area contributed by atoms with Gasteiger partial charge in [-0.1, -0.05) is 183 Å². The van der Waals surface area contributed by atoms with E-state index in [-0.39, 0.29) is 64.7 Å². The molecular formula is C103H100Br2ClN13O18S3. The van der Waals surface area contributed by atoms with E-state index in [0.717, 1.165) is 162 Å². The van der Waals surface area contributed by atoms with Crippen LogP contribution >= 0.6 is 44.3 Å². The lowest BCUT2D eigenvalue weighted by Crippen LogP contribution is -2.36. The van der Waals surface area contributed by atoms with Crippen molar-refractivity contribution in [2.24, 2.45) is 23.7 Å². The minimum absolute atomic E-state index is 0. The normalized spacial score (nSPS) is 15.2. The minimum atomic E-state index is -3.11. The number of nitrogens with zero attached hydrogens (tertiary/aromatic N) is 9. The molecule has 0 bridgehead atoms. The van der Waals surface area contributed by atoms with Crippen LogP contribution in [0.5, 0.6) is 0 Å². The molecule has 7 aromatic carbocycles. The molecule has 6 aromatic heterocycles. The summed E-state index contributed by atoms with van der Waals surface area (Å²) in [7, 11) is -9.33. The quantitative estimate of drug-likeness (QED) is 0.0467. The maximum absolute atomic E-state index is 12.8. The van der Waals surface area contributed by atoms with Crippen molar-refractivity contribution in [2.75, 3.05) is 32.0 Å². The molecule has 6 aliphatic rings. The highest BCUT2D eigenvalue weighted by molar-refractivity contribution is 9.10. The van der Waals surface area contributed by atoms with E-state index >= 15 is 0 Å². The van der Waals surface area contributed by atoms with Crippen molar-refractivity contribution in [3.8, 4) is 36.0 Å². The first-order valence-electron chi connectivity index (χ1n) is 43.8. The highest BCUT2D eigenvalue weighted by atomic mass is 79.9. The molecule has 4 unspecified atom stereocenters. The number of hydrogen-bond donors (Lipinski definition) is 6. The molecule has 0 radical (unpaired) electrons. The fourth-order valence-corrected chi connectivity index (χ4v) is 15.8. The Bertz CT molecular complexity index is 6910. The number of aromatic nitrogens is 9. The zero-order valence-electron chi connectivity index (χ0n) is 75.8. The molecule has 4 atom stereocenters. The lowest BCUT2D eigenvalue weighted by molar-refractivity contribution is -0.123. The number of halogens is 3. The number of aliphatic hydroxyl groups excluding tert-OH is 1. The van der Waals surface area contributed by atoms with Gasteiger partial charge in [-0.05, 0) is 219 Å². The first-order valence-corrected chi connectivity index (χ1v) is 48.4. The van der Waals surface area contributed by atoms with Crippen LogP contribution in [0.15, 0.2) is 285 Å². The van der Waals surface area contributed by atoms with Crippen LogP contribution in [0.2, 0.25) is 0 Å². The molecule has 0 saturated carbocycles. The number of aryl methyl sites for hydroxylation is 3. The van der Waals surface area contributed by atoms with Gasteiger partial charge in [0.2, 0.25) is 17.7 Å². The Hall–Kier alpha value is -14.7. The van der Waals surface area contributed by atoms with Crippen LogP contribution in [0.1, 0.15) is 131 Å². The molecule has 0 aliphatic carbocycles. The third kappa shape index (κ3) is 38.0. The molecule has 6 aliphatic heterocycles. The number of aliphatic hydroxyl groups is 1. The highest BCUT2D eigenvalue weighted by Gasteiger charge is 2.25. The summed E-state index contributed by atoms with van der Waals surface area (Å²) in [6.07, 6.45) is 23.4. The Morgan fingerprint density at radius 3 is 1.12 bits per heavy atom. The van der Waals surface area contributed by atoms with Crippen molar-refractivity contribution in [2.45, 2.75) is 116 Å². The molecule has 12 heterocycles. The molecule has 3 saturated heterocycles. The molecule has 31 nitrogen and oxygen atoms in total. The van der Waals surface area contributed by atoms with Crippen LogP contribution in [0, 0.1) is 59.7 Å². The summed E-state index contributed by atoms with van der Waals surface area (Å²) in [5.74, 6) is 18.8. The number of nitrogens with one attached hydrogen (secondary N) is 3. The third-order valence-corrected chi connectivity index (χ3v) is 23.0. The van der Waals surface area contributed by atoms with Crippen molar-refractivity contribution >= 4 is 138 Å². The van der Waals surface area contributed by atoms with Gasteiger partial charge < -0.3 is 31.9 Å². The van der Waals surface area contributed by atoms with Crippen molar-refractivity contribution in [3.05, 3.63) is 369 Å². The summed E-state index contributed by atoms with van der Waals surface area (Å²) in [6, 6.07) is 69.6. The molecule has 140 heavy (non-hydrogen) atoms. The largest absolute Gasteiger partial charge is 0.478 e. The van der Waals surface area contributed by atoms with E-state index in [4.69, 9.17) is 65.2 Å². The maximum atomic E-state index is 12.8. The molecule has 13 aromatic rings. The number of piperidine rings is 3. The molecule has 724 valence electrons. The standard InChI is InChI=1S/2C20H15N3O.C19H17BrN2O.2C12H15NO.C7H6BrNO2.C7H5N.C6H11NO2.ClH.3O3S/c2*1-14-5-10-19-22-18-12-15(6-8-16-4-2-3-11-21-16)7-9-17(18)20(24)23(19)13-14;20-15-7-8-16-17(11-15)21-18-9-6-14(12-22(18)19(16)23)10-13-4-2-1-3-5-13;2*14-12-7-6-11(9-13-12)8-10-4-2-1-3-5-10;8-4-1-2-5(7(10)11)6(9)3-4;1-2-7-5-3-4-6-8-7;8-4-5-1-2-6(9)7-3-5;;3*1-4(2)3/h2*2-4,7,9,11-12H,1,5,10,13H2;1-5,7-8,11,14H,6,9-10,12H2;2*1-5,11H,6-9H2,(H,13,14);1-3H,9H2,(H,10,11);1,3-6H;5,8H,1-4H2,(H,7,9);1H;;;. The highest BCUT2D eigenvalue weighted by Crippen LogP contribution is 2.27. The van der Waals surface area contributed by atoms with Gasteiger partial charge in [-0.2, -0.15) is 0 Å². The SMILES string of the molecule is C#Cc1ccccn1.C=C1CCc2nc3cc(C#Cc4ccccn4)ccc3c(=O)n2C1.C=C1CCc2nc3cc(C#Cc4ccccn4)ccc3c(=O)n2C1.Cl.Nc1cc(Br)ccc1C(=O)O.O=C1CCC(CO)CN1.O=C1CCC(Cc2ccccc2)CN1.O=C1CCC(Cc2ccccc2)CN1.O=S(=O)=O.O=S(=O)=O.O=S(=O)=O.O=c1c2ccc(Br)cc2nc2n1CC(Cc1ccccc1)CC2. The zero-order valence-corrected chi connectivity index (χ0v) is 82.2. The van der Waals surface area contributed by atoms with Crippen LogP contribution in [0.25, 0.3) is 32.7 Å². The molecule has 7 N–H and O–H groups in total. The Morgan fingerprint density at radius 1 is 0.421 bits per heavy atom. The molecule has 3 fully saturated rings. The van der Waals surface area contributed by atoms with Crippen LogP contribution in [0.4, 0.5) is 5.69 Å². The molecule has 3 amide bonds. The van der Waals surface area contributed by atoms with Crippen LogP contribution in [-0.4, -0.2) is 142 Å². The smallest absolute Gasteiger partial charge is 0.425 e. The Kier molecular flexibility index (Phi) is 45.9. The number of anilines is 1. The van der Waals surface area contributed by atoms with Crippen molar-refractivity contribution in [1.29, 1.82) is 0 Å². The second-order valence-corrected chi connectivity index (χ2v) is 35.2. The van der Waals surface area contributed by atoms with E-state index in [1.165, 1.54) is 22.8 Å². The van der Waals surface area contributed by atoms with E-state index < -0.39 is 37.8 Å². The molecule has 37 heteroatoms. The predicted octanol–water partition coefficient (Wildman–Crippen LogP) is 12.6. The van der Waals surface area contributed by atoms with E-state index in [1.807, 2.05) is 114 Å². The summed E-state index contributed by atoms with van der Waals surface area (Å²) in [5, 5.41) is 27.6. The first-order chi connectivity index (χ1) is 66.9. The minimum Gasteiger partial charge on any atom is -0.478 e. The summed E-state index contributed by atoms with van der Waals surface area (Å²) in [4.78, 5) is 107. The number of benzene rings is 7. The summed E-state index contributed by atoms with van der Waals surface area (Å²) in [6.45, 7) is 12.4. The molecular weight excluding hydrogens is 2000 g/mol. The zero-order chi connectivity index (χ0) is 100.